The summed E-state index contributed by atoms with van der Waals surface area (Å²) >= 11 is 0. The lowest BCUT2D eigenvalue weighted by atomic mass is 9.98. The fourth-order valence-corrected chi connectivity index (χ4v) is 3.19. The van der Waals surface area contributed by atoms with Crippen molar-refractivity contribution in [1.29, 1.82) is 0 Å². The number of benzene rings is 1. The Morgan fingerprint density at radius 2 is 1.88 bits per heavy atom. The van der Waals surface area contributed by atoms with Gasteiger partial charge in [-0.15, -0.1) is 0 Å². The Balaban J connectivity index is 1.36. The van der Waals surface area contributed by atoms with Crippen LogP contribution in [0.2, 0.25) is 0 Å². The number of Topliss-reactive ketones (excluding diaryl/α,β-unsaturated/α-hetero) is 1. The Kier molecular flexibility index (Phi) is 3.87. The number of nitrogens with zero attached hydrogens (tertiary/aromatic N) is 3. The molecule has 2 aromatic rings. The molecule has 0 amide bonds. The standard InChI is InChI=1S/C20H17N3O/c24-17(11-15-9-8-14-5-1-2-6-18(14)15)12-16-13-20(23-22-16)19-7-3-4-10-21-19/h1-7,9-10H,8,11-13H2. The van der Waals surface area contributed by atoms with Crippen LogP contribution >= 0.6 is 0 Å². The van der Waals surface area contributed by atoms with Crippen LogP contribution in [-0.2, 0) is 11.2 Å². The van der Waals surface area contributed by atoms with Gasteiger partial charge in [0.25, 0.3) is 0 Å². The first-order valence-electron chi connectivity index (χ1n) is 8.12. The molecule has 2 heterocycles. The van der Waals surface area contributed by atoms with Crippen LogP contribution in [0.1, 0.15) is 36.1 Å². The predicted molar refractivity (Wildman–Crippen MR) is 95.2 cm³/mol. The SMILES string of the molecule is O=C(CC1=CCc2ccccc21)CC1=NN=C(c2ccccn2)C1. The van der Waals surface area contributed by atoms with Gasteiger partial charge in [0.2, 0.25) is 0 Å². The van der Waals surface area contributed by atoms with E-state index in [1.165, 1.54) is 11.1 Å². The molecule has 4 rings (SSSR count). The molecule has 0 unspecified atom stereocenters. The van der Waals surface area contributed by atoms with Gasteiger partial charge in [0.1, 0.15) is 5.78 Å². The Bertz CT molecular complexity index is 879. The molecule has 0 bridgehead atoms. The maximum Gasteiger partial charge on any atom is 0.142 e. The molecule has 0 fully saturated rings. The topological polar surface area (TPSA) is 54.7 Å². The third-order valence-corrected chi connectivity index (χ3v) is 4.36. The number of fused-ring (bicyclic) bond motifs is 1. The number of carbonyl (C=O) groups excluding carboxylic acids is 1. The van der Waals surface area contributed by atoms with Crippen LogP contribution in [0.4, 0.5) is 0 Å². The average molecular weight is 315 g/mol. The molecule has 2 aliphatic rings. The maximum atomic E-state index is 12.4. The van der Waals surface area contributed by atoms with Crippen molar-refractivity contribution in [3.63, 3.8) is 0 Å². The van der Waals surface area contributed by atoms with E-state index in [4.69, 9.17) is 0 Å². The number of allylic oxidation sites excluding steroid dienone is 2. The lowest BCUT2D eigenvalue weighted by Gasteiger charge is -2.05. The molecule has 1 aliphatic heterocycles. The van der Waals surface area contributed by atoms with Gasteiger partial charge in [-0.05, 0) is 35.3 Å². The van der Waals surface area contributed by atoms with E-state index in [2.05, 4.69) is 33.4 Å². The molecule has 0 atom stereocenters. The molecular formula is C20H17N3O. The second-order valence-electron chi connectivity index (χ2n) is 6.09. The summed E-state index contributed by atoms with van der Waals surface area (Å²) in [7, 11) is 0. The van der Waals surface area contributed by atoms with Gasteiger partial charge in [-0.1, -0.05) is 36.4 Å². The Hall–Kier alpha value is -2.88. The van der Waals surface area contributed by atoms with Crippen molar-refractivity contribution < 1.29 is 4.79 Å². The summed E-state index contributed by atoms with van der Waals surface area (Å²) in [6.45, 7) is 0. The highest BCUT2D eigenvalue weighted by atomic mass is 16.1. The van der Waals surface area contributed by atoms with Gasteiger partial charge < -0.3 is 0 Å². The molecule has 4 nitrogen and oxygen atoms in total. The molecule has 1 aromatic heterocycles. The van der Waals surface area contributed by atoms with Crippen LogP contribution < -0.4 is 0 Å². The minimum absolute atomic E-state index is 0.189. The Morgan fingerprint density at radius 3 is 2.75 bits per heavy atom. The van der Waals surface area contributed by atoms with Crippen molar-refractivity contribution in [3.05, 3.63) is 71.6 Å². The van der Waals surface area contributed by atoms with Gasteiger partial charge in [0.15, 0.2) is 0 Å². The fourth-order valence-electron chi connectivity index (χ4n) is 3.19. The molecule has 0 spiro atoms. The first-order valence-corrected chi connectivity index (χ1v) is 8.12. The highest BCUT2D eigenvalue weighted by Gasteiger charge is 2.20. The van der Waals surface area contributed by atoms with Crippen molar-refractivity contribution in [1.82, 2.24) is 4.98 Å². The van der Waals surface area contributed by atoms with E-state index in [0.717, 1.165) is 29.1 Å². The third-order valence-electron chi connectivity index (χ3n) is 4.36. The molecule has 24 heavy (non-hydrogen) atoms. The van der Waals surface area contributed by atoms with E-state index in [1.54, 1.807) is 6.20 Å². The summed E-state index contributed by atoms with van der Waals surface area (Å²) in [6, 6.07) is 14.0. The summed E-state index contributed by atoms with van der Waals surface area (Å²) < 4.78 is 0. The summed E-state index contributed by atoms with van der Waals surface area (Å²) in [5.74, 6) is 0.189. The normalized spacial score (nSPS) is 15.6. The van der Waals surface area contributed by atoms with E-state index in [1.807, 2.05) is 30.3 Å². The number of hydrogen-bond donors (Lipinski definition) is 0. The van der Waals surface area contributed by atoms with Crippen molar-refractivity contribution >= 4 is 22.8 Å². The van der Waals surface area contributed by atoms with Gasteiger partial charge in [-0.3, -0.25) is 9.78 Å². The minimum Gasteiger partial charge on any atom is -0.299 e. The third kappa shape index (κ3) is 2.95. The van der Waals surface area contributed by atoms with Gasteiger partial charge in [0.05, 0.1) is 17.1 Å². The number of rotatable bonds is 5. The van der Waals surface area contributed by atoms with Crippen LogP contribution in [-0.4, -0.2) is 22.2 Å². The van der Waals surface area contributed by atoms with E-state index in [9.17, 15) is 4.79 Å². The molecule has 4 heteroatoms. The quantitative estimate of drug-likeness (QED) is 0.846. The molecule has 0 saturated carbocycles. The largest absolute Gasteiger partial charge is 0.299 e. The number of aromatic nitrogens is 1. The van der Waals surface area contributed by atoms with Crippen LogP contribution in [0.25, 0.3) is 5.57 Å². The minimum atomic E-state index is 0.189. The summed E-state index contributed by atoms with van der Waals surface area (Å²) in [4.78, 5) is 16.7. The number of carbonyl (C=O) groups is 1. The maximum absolute atomic E-state index is 12.4. The van der Waals surface area contributed by atoms with Crippen molar-refractivity contribution in [3.8, 4) is 0 Å². The number of pyridine rings is 1. The molecule has 0 radical (unpaired) electrons. The molecule has 0 saturated heterocycles. The zero-order chi connectivity index (χ0) is 16.4. The Labute approximate surface area is 140 Å². The molecule has 1 aliphatic carbocycles. The molecule has 118 valence electrons. The number of hydrogen-bond acceptors (Lipinski definition) is 4. The van der Waals surface area contributed by atoms with Crippen LogP contribution in [0.3, 0.4) is 0 Å². The van der Waals surface area contributed by atoms with Gasteiger partial charge in [-0.2, -0.15) is 10.2 Å². The highest BCUT2D eigenvalue weighted by Crippen LogP contribution is 2.30. The lowest BCUT2D eigenvalue weighted by Crippen LogP contribution is -2.10. The monoisotopic (exact) mass is 315 g/mol. The van der Waals surface area contributed by atoms with E-state index in [0.29, 0.717) is 19.3 Å². The van der Waals surface area contributed by atoms with E-state index < -0.39 is 0 Å². The summed E-state index contributed by atoms with van der Waals surface area (Å²) in [6.07, 6.45) is 6.26. The van der Waals surface area contributed by atoms with Crippen molar-refractivity contribution in [2.75, 3.05) is 0 Å². The first kappa shape index (κ1) is 14.7. The van der Waals surface area contributed by atoms with Gasteiger partial charge in [-0.25, -0.2) is 0 Å². The molecule has 0 N–H and O–H groups in total. The van der Waals surface area contributed by atoms with Gasteiger partial charge >= 0.3 is 0 Å². The van der Waals surface area contributed by atoms with Crippen molar-refractivity contribution in [2.24, 2.45) is 10.2 Å². The Morgan fingerprint density at radius 1 is 1.00 bits per heavy atom. The van der Waals surface area contributed by atoms with Crippen LogP contribution in [0.15, 0.2) is 64.9 Å². The lowest BCUT2D eigenvalue weighted by molar-refractivity contribution is -0.116. The zero-order valence-electron chi connectivity index (χ0n) is 13.3. The number of ketones is 1. The van der Waals surface area contributed by atoms with Crippen LogP contribution in [0.5, 0.6) is 0 Å². The van der Waals surface area contributed by atoms with Crippen LogP contribution in [0, 0.1) is 0 Å². The zero-order valence-corrected chi connectivity index (χ0v) is 13.3. The fraction of sp³-hybridized carbons (Fsp3) is 0.200. The summed E-state index contributed by atoms with van der Waals surface area (Å²) in [5.41, 5.74) is 6.15. The van der Waals surface area contributed by atoms with Gasteiger partial charge in [0, 0.05) is 25.5 Å². The average Bonchev–Trinajstić information content (AvgIpc) is 3.23. The second kappa shape index (κ2) is 6.32. The van der Waals surface area contributed by atoms with E-state index >= 15 is 0 Å². The van der Waals surface area contributed by atoms with Crippen molar-refractivity contribution in [2.45, 2.75) is 25.7 Å². The first-order chi connectivity index (χ1) is 11.8. The summed E-state index contributed by atoms with van der Waals surface area (Å²) in [5, 5.41) is 8.36. The highest BCUT2D eigenvalue weighted by molar-refractivity contribution is 6.18. The molecule has 1 aromatic carbocycles. The molecular weight excluding hydrogens is 298 g/mol. The smallest absolute Gasteiger partial charge is 0.142 e. The second-order valence-corrected chi connectivity index (χ2v) is 6.09. The predicted octanol–water partition coefficient (Wildman–Crippen LogP) is 3.62. The van der Waals surface area contributed by atoms with E-state index in [-0.39, 0.29) is 5.78 Å².